The lowest BCUT2D eigenvalue weighted by Gasteiger charge is -2.23. The van der Waals surface area contributed by atoms with Crippen LogP contribution in [0.25, 0.3) is 0 Å². The maximum Gasteiger partial charge on any atom is 0.321 e. The third-order valence-electron chi connectivity index (χ3n) is 3.49. The molecule has 0 aromatic heterocycles. The van der Waals surface area contributed by atoms with Crippen LogP contribution in [-0.2, 0) is 12.0 Å². The topological polar surface area (TPSA) is 65.0 Å². The minimum absolute atomic E-state index is 0.264. The second-order valence-electron chi connectivity index (χ2n) is 4.52. The summed E-state index contributed by atoms with van der Waals surface area (Å²) in [7, 11) is 0. The highest BCUT2D eigenvalue weighted by Gasteiger charge is 2.48. The van der Waals surface area contributed by atoms with Gasteiger partial charge in [-0.25, -0.2) is 4.79 Å². The number of carbonyl (C=O) groups excluding carboxylic acids is 1. The molecule has 1 spiro atoms. The van der Waals surface area contributed by atoms with Gasteiger partial charge in [0.05, 0.1) is 0 Å². The van der Waals surface area contributed by atoms with Gasteiger partial charge in [0.2, 0.25) is 0 Å². The fraction of sp³-hybridized carbons (Fsp3) is 0.333. The van der Waals surface area contributed by atoms with Gasteiger partial charge in [0.1, 0.15) is 11.4 Å². The Balaban J connectivity index is 2.18. The highest BCUT2D eigenvalue weighted by Crippen LogP contribution is 2.39. The number of rotatable bonds is 0. The molecule has 1 heterocycles. The Hall–Kier alpha value is -1.84. The average Bonchev–Trinajstić information content (AvgIpc) is 2.71. The summed E-state index contributed by atoms with van der Waals surface area (Å²) in [4.78, 5) is 11.3. The molecule has 0 radical (unpaired) electrons. The van der Waals surface area contributed by atoms with Gasteiger partial charge in [-0.05, 0) is 30.9 Å². The highest BCUT2D eigenvalue weighted by atomic mass is 16.2. The predicted molar refractivity (Wildman–Crippen MR) is 60.6 cm³/mol. The van der Waals surface area contributed by atoms with Crippen LogP contribution in [0.2, 0.25) is 0 Å². The Morgan fingerprint density at radius 1 is 1.44 bits per heavy atom. The summed E-state index contributed by atoms with van der Waals surface area (Å²) in [5, 5.41) is 13.4. The molecule has 16 heavy (non-hydrogen) atoms. The number of carbonyl (C=O) groups is 1. The normalized spacial score (nSPS) is 26.8. The monoisotopic (exact) mass is 215 g/mol. The number of amidine groups is 1. The summed E-state index contributed by atoms with van der Waals surface area (Å²) < 4.78 is 0. The molecule has 3 rings (SSSR count). The number of nitrogens with one attached hydrogen (secondary N) is 3. The van der Waals surface area contributed by atoms with Crippen molar-refractivity contribution in [2.24, 2.45) is 0 Å². The van der Waals surface area contributed by atoms with Crippen LogP contribution < -0.4 is 10.6 Å². The number of benzene rings is 1. The van der Waals surface area contributed by atoms with E-state index in [9.17, 15) is 4.79 Å². The van der Waals surface area contributed by atoms with E-state index in [0.717, 1.165) is 24.0 Å². The van der Waals surface area contributed by atoms with Crippen LogP contribution in [0.3, 0.4) is 0 Å². The summed E-state index contributed by atoms with van der Waals surface area (Å²) >= 11 is 0. The minimum atomic E-state index is -0.585. The van der Waals surface area contributed by atoms with Gasteiger partial charge in [-0.2, -0.15) is 0 Å². The average molecular weight is 215 g/mol. The molecule has 1 aromatic rings. The predicted octanol–water partition coefficient (Wildman–Crippen LogP) is 1.43. The Labute approximate surface area is 93.6 Å². The smallest absolute Gasteiger partial charge is 0.321 e. The first-order valence-electron chi connectivity index (χ1n) is 5.40. The van der Waals surface area contributed by atoms with Crippen molar-refractivity contribution in [3.05, 3.63) is 34.9 Å². The highest BCUT2D eigenvalue weighted by molar-refractivity contribution is 6.09. The van der Waals surface area contributed by atoms with Crippen molar-refractivity contribution in [3.63, 3.8) is 0 Å². The van der Waals surface area contributed by atoms with Crippen LogP contribution in [0.5, 0.6) is 0 Å². The quantitative estimate of drug-likeness (QED) is 0.602. The minimum Gasteiger partial charge on any atom is -0.321 e. The van der Waals surface area contributed by atoms with E-state index >= 15 is 0 Å². The van der Waals surface area contributed by atoms with Gasteiger partial charge in [0.15, 0.2) is 0 Å². The van der Waals surface area contributed by atoms with Gasteiger partial charge in [0, 0.05) is 0 Å². The molecule has 1 fully saturated rings. The molecule has 1 aromatic carbocycles. The first-order chi connectivity index (χ1) is 7.62. The Morgan fingerprint density at radius 2 is 2.25 bits per heavy atom. The molecule has 3 N–H and O–H groups in total. The molecule has 2 aliphatic rings. The second-order valence-corrected chi connectivity index (χ2v) is 4.52. The van der Waals surface area contributed by atoms with E-state index in [-0.39, 0.29) is 11.9 Å². The van der Waals surface area contributed by atoms with Gasteiger partial charge in [-0.3, -0.25) is 10.7 Å². The van der Waals surface area contributed by atoms with Crippen LogP contribution in [0.4, 0.5) is 4.79 Å². The summed E-state index contributed by atoms with van der Waals surface area (Å²) in [5.74, 6) is 0.279. The van der Waals surface area contributed by atoms with Crippen LogP contribution in [0.1, 0.15) is 23.1 Å². The third-order valence-corrected chi connectivity index (χ3v) is 3.49. The van der Waals surface area contributed by atoms with E-state index in [1.54, 1.807) is 0 Å². The lowest BCUT2D eigenvalue weighted by atomic mass is 9.91. The first kappa shape index (κ1) is 9.39. The van der Waals surface area contributed by atoms with Crippen LogP contribution in [-0.4, -0.2) is 11.9 Å². The zero-order valence-corrected chi connectivity index (χ0v) is 9.05. The lowest BCUT2D eigenvalue weighted by Crippen LogP contribution is -2.41. The number of hydrogen-bond donors (Lipinski definition) is 3. The summed E-state index contributed by atoms with van der Waals surface area (Å²) in [6.07, 6.45) is 1.70. The Bertz CT molecular complexity index is 509. The molecule has 2 amide bonds. The van der Waals surface area contributed by atoms with Crippen LogP contribution >= 0.6 is 0 Å². The lowest BCUT2D eigenvalue weighted by molar-refractivity contribution is 0.244. The number of fused-ring (bicyclic) bond motifs is 2. The molecule has 1 atom stereocenters. The standard InChI is InChI=1S/C12H13N3O/c1-7-2-3-8-4-5-12(9(8)6-7)10(13)14-11(16)15-12/h2-3,6H,4-5H2,1H3,(H3,13,14,15,16). The van der Waals surface area contributed by atoms with E-state index in [4.69, 9.17) is 5.41 Å². The summed E-state index contributed by atoms with van der Waals surface area (Å²) in [6, 6.07) is 5.98. The van der Waals surface area contributed by atoms with Crippen molar-refractivity contribution >= 4 is 11.9 Å². The van der Waals surface area contributed by atoms with Gasteiger partial charge >= 0.3 is 6.03 Å². The zero-order chi connectivity index (χ0) is 11.3. The van der Waals surface area contributed by atoms with Gasteiger partial charge < -0.3 is 5.32 Å². The van der Waals surface area contributed by atoms with Crippen molar-refractivity contribution in [1.82, 2.24) is 10.6 Å². The maximum absolute atomic E-state index is 11.3. The Morgan fingerprint density at radius 3 is 2.94 bits per heavy atom. The van der Waals surface area contributed by atoms with E-state index in [2.05, 4.69) is 28.8 Å². The SMILES string of the molecule is Cc1ccc2c(c1)C1(CC2)NC(=O)NC1=N. The second kappa shape index (κ2) is 2.84. The van der Waals surface area contributed by atoms with Crippen molar-refractivity contribution in [3.8, 4) is 0 Å². The van der Waals surface area contributed by atoms with Crippen molar-refractivity contribution in [2.75, 3.05) is 0 Å². The molecule has 1 aliphatic heterocycles. The van der Waals surface area contributed by atoms with E-state index < -0.39 is 5.54 Å². The van der Waals surface area contributed by atoms with Crippen LogP contribution in [0, 0.1) is 12.3 Å². The van der Waals surface area contributed by atoms with Crippen LogP contribution in [0.15, 0.2) is 18.2 Å². The zero-order valence-electron chi connectivity index (χ0n) is 9.05. The van der Waals surface area contributed by atoms with Crippen molar-refractivity contribution < 1.29 is 4.79 Å². The van der Waals surface area contributed by atoms with Gasteiger partial charge in [-0.1, -0.05) is 23.8 Å². The molecular formula is C12H13N3O. The molecule has 4 heteroatoms. The Kier molecular flexibility index (Phi) is 1.67. The van der Waals surface area contributed by atoms with Crippen molar-refractivity contribution in [1.29, 1.82) is 5.41 Å². The van der Waals surface area contributed by atoms with E-state index in [1.807, 2.05) is 6.92 Å². The fourth-order valence-corrected chi connectivity index (χ4v) is 2.66. The largest absolute Gasteiger partial charge is 0.321 e. The number of urea groups is 1. The molecular weight excluding hydrogens is 202 g/mol. The summed E-state index contributed by atoms with van der Waals surface area (Å²) in [5.41, 5.74) is 2.89. The molecule has 0 bridgehead atoms. The molecule has 1 unspecified atom stereocenters. The molecule has 1 aliphatic carbocycles. The molecule has 82 valence electrons. The van der Waals surface area contributed by atoms with E-state index in [0.29, 0.717) is 0 Å². The first-order valence-corrected chi connectivity index (χ1v) is 5.40. The van der Waals surface area contributed by atoms with Gasteiger partial charge in [-0.15, -0.1) is 0 Å². The van der Waals surface area contributed by atoms with Gasteiger partial charge in [0.25, 0.3) is 0 Å². The van der Waals surface area contributed by atoms with Crippen molar-refractivity contribution in [2.45, 2.75) is 25.3 Å². The van der Waals surface area contributed by atoms with E-state index in [1.165, 1.54) is 5.56 Å². The molecule has 4 nitrogen and oxygen atoms in total. The third kappa shape index (κ3) is 1.04. The number of hydrogen-bond acceptors (Lipinski definition) is 2. The number of amides is 2. The molecule has 1 saturated heterocycles. The summed E-state index contributed by atoms with van der Waals surface area (Å²) in [6.45, 7) is 2.03. The fourth-order valence-electron chi connectivity index (χ4n) is 2.66. The molecule has 0 saturated carbocycles. The maximum atomic E-state index is 11.3. The number of aryl methyl sites for hydroxylation is 2.